The highest BCUT2D eigenvalue weighted by Crippen LogP contribution is 2.25. The lowest BCUT2D eigenvalue weighted by Crippen LogP contribution is -2.18. The Labute approximate surface area is 153 Å². The number of hydrogen-bond acceptors (Lipinski definition) is 6. The highest BCUT2D eigenvalue weighted by molar-refractivity contribution is 7.99. The summed E-state index contributed by atoms with van der Waals surface area (Å²) in [5.41, 5.74) is 1.72. The van der Waals surface area contributed by atoms with Crippen molar-refractivity contribution in [3.05, 3.63) is 40.1 Å². The number of amides is 1. The zero-order chi connectivity index (χ0) is 17.8. The molecule has 2 aromatic heterocycles. The highest BCUT2D eigenvalue weighted by Gasteiger charge is 2.12. The summed E-state index contributed by atoms with van der Waals surface area (Å²) in [5.74, 6) is 1.02. The molecular weight excluding hydrogens is 358 g/mol. The summed E-state index contributed by atoms with van der Waals surface area (Å²) in [5, 5.41) is 3.43. The quantitative estimate of drug-likeness (QED) is 0.489. The Balaban J connectivity index is 1.61. The van der Waals surface area contributed by atoms with E-state index in [9.17, 15) is 9.59 Å². The maximum atomic E-state index is 12.3. The zero-order valence-corrected chi connectivity index (χ0v) is 15.4. The predicted octanol–water partition coefficient (Wildman–Crippen LogP) is 3.24. The van der Waals surface area contributed by atoms with Crippen molar-refractivity contribution in [2.75, 3.05) is 12.9 Å². The van der Waals surface area contributed by atoms with Gasteiger partial charge in [0.1, 0.15) is 5.75 Å². The Kier molecular flexibility index (Phi) is 5.40. The molecule has 0 unspecified atom stereocenters. The summed E-state index contributed by atoms with van der Waals surface area (Å²) in [6.07, 6.45) is 0. The normalized spacial score (nSPS) is 10.8. The lowest BCUT2D eigenvalue weighted by Gasteiger charge is -1.98. The van der Waals surface area contributed by atoms with Crippen molar-refractivity contribution < 1.29 is 14.3 Å². The van der Waals surface area contributed by atoms with Crippen LogP contribution in [-0.2, 0) is 11.3 Å². The minimum absolute atomic E-state index is 0.0436. The van der Waals surface area contributed by atoms with Crippen LogP contribution in [0.1, 0.15) is 21.5 Å². The fraction of sp³-hybridized carbons (Fsp3) is 0.235. The van der Waals surface area contributed by atoms with Crippen LogP contribution in [0, 0.1) is 0 Å². The molecule has 0 aliphatic carbocycles. The molecule has 0 spiro atoms. The number of rotatable bonds is 7. The van der Waals surface area contributed by atoms with Crippen LogP contribution in [0.5, 0.6) is 5.75 Å². The van der Waals surface area contributed by atoms with Crippen molar-refractivity contribution in [1.29, 1.82) is 0 Å². The van der Waals surface area contributed by atoms with Gasteiger partial charge in [-0.25, -0.2) is 4.98 Å². The smallest absolute Gasteiger partial charge is 0.217 e. The first-order valence-electron chi connectivity index (χ1n) is 7.58. The topological polar surface area (TPSA) is 84.1 Å². The number of Topliss-reactive ketones (excluding diaryl/α,β-unsaturated/α-hetero) is 1. The van der Waals surface area contributed by atoms with E-state index in [-0.39, 0.29) is 11.7 Å². The van der Waals surface area contributed by atoms with E-state index >= 15 is 0 Å². The van der Waals surface area contributed by atoms with Crippen molar-refractivity contribution in [3.8, 4) is 5.75 Å². The molecule has 1 amide bonds. The van der Waals surface area contributed by atoms with Gasteiger partial charge in [-0.2, -0.15) is 0 Å². The first kappa shape index (κ1) is 17.5. The minimum Gasteiger partial charge on any atom is -0.497 e. The third-order valence-corrected chi connectivity index (χ3v) is 5.45. The number of methoxy groups -OCH3 is 1. The molecule has 8 heteroatoms. The Morgan fingerprint density at radius 2 is 2.16 bits per heavy atom. The number of ether oxygens (including phenoxy) is 1. The van der Waals surface area contributed by atoms with Gasteiger partial charge in [0.15, 0.2) is 10.9 Å². The molecule has 6 nitrogen and oxygen atoms in total. The SMILES string of the molecule is COc1ccc2nc(SCC(=O)c3ccc(CNC(C)=O)s3)[nH]c2c1. The Morgan fingerprint density at radius 3 is 2.92 bits per heavy atom. The maximum Gasteiger partial charge on any atom is 0.217 e. The number of carbonyl (C=O) groups excluding carboxylic acids is 2. The van der Waals surface area contributed by atoms with E-state index in [0.717, 1.165) is 21.7 Å². The Bertz CT molecular complexity index is 917. The van der Waals surface area contributed by atoms with Crippen LogP contribution >= 0.6 is 23.1 Å². The number of hydrogen-bond donors (Lipinski definition) is 2. The van der Waals surface area contributed by atoms with Crippen LogP contribution in [0.2, 0.25) is 0 Å². The van der Waals surface area contributed by atoms with Crippen LogP contribution in [-0.4, -0.2) is 34.5 Å². The van der Waals surface area contributed by atoms with Crippen LogP contribution < -0.4 is 10.1 Å². The monoisotopic (exact) mass is 375 g/mol. The fourth-order valence-corrected chi connectivity index (χ4v) is 3.94. The number of nitrogens with zero attached hydrogens (tertiary/aromatic N) is 1. The molecule has 0 saturated carbocycles. The molecule has 0 aliphatic rings. The molecule has 25 heavy (non-hydrogen) atoms. The summed E-state index contributed by atoms with van der Waals surface area (Å²) in [4.78, 5) is 32.6. The first-order valence-corrected chi connectivity index (χ1v) is 9.38. The maximum absolute atomic E-state index is 12.3. The van der Waals surface area contributed by atoms with Gasteiger partial charge in [-0.15, -0.1) is 11.3 Å². The molecule has 0 radical (unpaired) electrons. The summed E-state index contributed by atoms with van der Waals surface area (Å²) >= 11 is 2.77. The van der Waals surface area contributed by atoms with Crippen molar-refractivity contribution >= 4 is 45.8 Å². The average Bonchev–Trinajstić information content (AvgIpc) is 3.23. The van der Waals surface area contributed by atoms with Gasteiger partial charge in [0, 0.05) is 17.9 Å². The number of nitrogens with one attached hydrogen (secondary N) is 2. The summed E-state index contributed by atoms with van der Waals surface area (Å²) in [7, 11) is 1.62. The molecule has 0 bridgehead atoms. The molecule has 2 N–H and O–H groups in total. The third-order valence-electron chi connectivity index (χ3n) is 3.46. The van der Waals surface area contributed by atoms with E-state index in [4.69, 9.17) is 4.74 Å². The second-order valence-electron chi connectivity index (χ2n) is 5.31. The van der Waals surface area contributed by atoms with Gasteiger partial charge in [-0.05, 0) is 24.3 Å². The first-order chi connectivity index (χ1) is 12.0. The number of imidazole rings is 1. The van der Waals surface area contributed by atoms with E-state index in [2.05, 4.69) is 15.3 Å². The fourth-order valence-electron chi connectivity index (χ4n) is 2.20. The lowest BCUT2D eigenvalue weighted by molar-refractivity contribution is -0.119. The number of fused-ring (bicyclic) bond motifs is 1. The van der Waals surface area contributed by atoms with Crippen LogP contribution in [0.4, 0.5) is 0 Å². The van der Waals surface area contributed by atoms with Crippen molar-refractivity contribution in [3.63, 3.8) is 0 Å². The number of thiophene rings is 1. The van der Waals surface area contributed by atoms with E-state index < -0.39 is 0 Å². The van der Waals surface area contributed by atoms with E-state index in [1.807, 2.05) is 24.3 Å². The second kappa shape index (κ2) is 7.71. The van der Waals surface area contributed by atoms with Crippen LogP contribution in [0.25, 0.3) is 11.0 Å². The molecule has 3 rings (SSSR count). The molecule has 3 aromatic rings. The average molecular weight is 375 g/mol. The summed E-state index contributed by atoms with van der Waals surface area (Å²) in [6, 6.07) is 9.27. The van der Waals surface area contributed by atoms with Crippen LogP contribution in [0.3, 0.4) is 0 Å². The van der Waals surface area contributed by atoms with Crippen molar-refractivity contribution in [1.82, 2.24) is 15.3 Å². The molecule has 0 saturated heterocycles. The number of carbonyl (C=O) groups is 2. The number of benzene rings is 1. The second-order valence-corrected chi connectivity index (χ2v) is 7.44. The Morgan fingerprint density at radius 1 is 1.32 bits per heavy atom. The number of aromatic amines is 1. The van der Waals surface area contributed by atoms with Gasteiger partial charge in [0.25, 0.3) is 0 Å². The Hall–Kier alpha value is -2.32. The summed E-state index contributed by atoms with van der Waals surface area (Å²) in [6.45, 7) is 1.92. The predicted molar refractivity (Wildman–Crippen MR) is 99.5 cm³/mol. The molecule has 130 valence electrons. The molecular formula is C17H17N3O3S2. The number of thioether (sulfide) groups is 1. The summed E-state index contributed by atoms with van der Waals surface area (Å²) < 4.78 is 5.19. The standard InChI is InChI=1S/C17H17N3O3S2/c1-10(21)18-8-12-4-6-16(25-12)15(22)9-24-17-19-13-5-3-11(23-2)7-14(13)20-17/h3-7H,8-9H2,1-2H3,(H,18,21)(H,19,20). The van der Waals surface area contributed by atoms with E-state index in [1.165, 1.54) is 30.0 Å². The van der Waals surface area contributed by atoms with Gasteiger partial charge in [-0.3, -0.25) is 9.59 Å². The lowest BCUT2D eigenvalue weighted by atomic mass is 10.3. The minimum atomic E-state index is -0.0849. The number of aromatic nitrogens is 2. The molecule has 0 aliphatic heterocycles. The van der Waals surface area contributed by atoms with Crippen LogP contribution in [0.15, 0.2) is 35.5 Å². The molecule has 1 aromatic carbocycles. The number of H-pyrrole nitrogens is 1. The number of ketones is 1. The van der Waals surface area contributed by atoms with Gasteiger partial charge < -0.3 is 15.0 Å². The molecule has 0 atom stereocenters. The van der Waals surface area contributed by atoms with E-state index in [0.29, 0.717) is 22.3 Å². The third kappa shape index (κ3) is 4.40. The van der Waals surface area contributed by atoms with Crippen molar-refractivity contribution in [2.24, 2.45) is 0 Å². The van der Waals surface area contributed by atoms with Gasteiger partial charge in [0.05, 0.1) is 35.3 Å². The zero-order valence-electron chi connectivity index (χ0n) is 13.8. The molecule has 2 heterocycles. The molecule has 0 fully saturated rings. The van der Waals surface area contributed by atoms with Gasteiger partial charge >= 0.3 is 0 Å². The highest BCUT2D eigenvalue weighted by atomic mass is 32.2. The van der Waals surface area contributed by atoms with Gasteiger partial charge in [0.2, 0.25) is 5.91 Å². The van der Waals surface area contributed by atoms with Gasteiger partial charge in [-0.1, -0.05) is 11.8 Å². The largest absolute Gasteiger partial charge is 0.497 e. The van der Waals surface area contributed by atoms with Crippen molar-refractivity contribution in [2.45, 2.75) is 18.6 Å². The van der Waals surface area contributed by atoms with E-state index in [1.54, 1.807) is 13.2 Å².